The van der Waals surface area contributed by atoms with Crippen LogP contribution in [0.4, 0.5) is 5.69 Å². The number of halogens is 1. The molecular weight excluding hydrogens is 282 g/mol. The van der Waals surface area contributed by atoms with Gasteiger partial charge in [0, 0.05) is 7.11 Å². The maximum absolute atomic E-state index is 12.1. The van der Waals surface area contributed by atoms with E-state index in [1.54, 1.807) is 7.11 Å². The Kier molecular flexibility index (Phi) is 5.01. The lowest BCUT2D eigenvalue weighted by atomic mass is 9.99. The lowest BCUT2D eigenvalue weighted by Gasteiger charge is -2.29. The number of aliphatic hydroxyl groups excluding tert-OH is 1. The first kappa shape index (κ1) is 15.3. The minimum Gasteiger partial charge on any atom is -0.394 e. The summed E-state index contributed by atoms with van der Waals surface area (Å²) in [4.78, 5) is 12.1. The molecular formula is C13H20ClN3O3. The Hall–Kier alpha value is -1.11. The average molecular weight is 302 g/mol. The topological polar surface area (TPSA) is 76.4 Å². The van der Waals surface area contributed by atoms with Crippen molar-refractivity contribution in [3.63, 3.8) is 0 Å². The Bertz CT molecular complexity index is 512. The van der Waals surface area contributed by atoms with E-state index in [1.165, 1.54) is 10.9 Å². The summed E-state index contributed by atoms with van der Waals surface area (Å²) < 4.78 is 6.20. The van der Waals surface area contributed by atoms with Gasteiger partial charge in [0.05, 0.1) is 37.2 Å². The number of rotatable bonds is 6. The first-order valence-electron chi connectivity index (χ1n) is 6.75. The molecule has 2 N–H and O–H groups in total. The van der Waals surface area contributed by atoms with Gasteiger partial charge in [-0.25, -0.2) is 4.68 Å². The highest BCUT2D eigenvalue weighted by Crippen LogP contribution is 2.33. The highest BCUT2D eigenvalue weighted by molar-refractivity contribution is 6.32. The van der Waals surface area contributed by atoms with Crippen molar-refractivity contribution in [1.82, 2.24) is 9.78 Å². The van der Waals surface area contributed by atoms with Gasteiger partial charge in [-0.1, -0.05) is 24.4 Å². The summed E-state index contributed by atoms with van der Waals surface area (Å²) in [5.41, 5.74) is -0.239. The minimum atomic E-state index is -0.378. The fraction of sp³-hybridized carbons (Fsp3) is 0.692. The summed E-state index contributed by atoms with van der Waals surface area (Å²) in [5, 5.41) is 17.0. The molecule has 0 radical (unpaired) electrons. The zero-order valence-corrected chi connectivity index (χ0v) is 12.3. The maximum Gasteiger partial charge on any atom is 0.287 e. The lowest BCUT2D eigenvalue weighted by Crippen LogP contribution is -2.40. The van der Waals surface area contributed by atoms with Gasteiger partial charge in [-0.05, 0) is 12.8 Å². The molecule has 2 rings (SSSR count). The third kappa shape index (κ3) is 3.13. The number of hydrogen-bond donors (Lipinski definition) is 2. The monoisotopic (exact) mass is 301 g/mol. The molecule has 0 saturated heterocycles. The number of aliphatic hydroxyl groups is 1. The molecule has 1 aliphatic carbocycles. The Balaban J connectivity index is 2.21. The van der Waals surface area contributed by atoms with Crippen LogP contribution in [-0.2, 0) is 11.3 Å². The number of ether oxygens (including phenoxy) is 1. The van der Waals surface area contributed by atoms with Crippen LogP contribution in [-0.4, -0.2) is 40.7 Å². The van der Waals surface area contributed by atoms with Gasteiger partial charge in [0.1, 0.15) is 5.02 Å². The third-order valence-corrected chi connectivity index (χ3v) is 4.12. The van der Waals surface area contributed by atoms with E-state index >= 15 is 0 Å². The highest BCUT2D eigenvalue weighted by Gasteiger charge is 2.33. The highest BCUT2D eigenvalue weighted by atomic mass is 35.5. The summed E-state index contributed by atoms with van der Waals surface area (Å²) in [6.07, 6.45) is 5.39. The maximum atomic E-state index is 12.1. The second-order valence-corrected chi connectivity index (χ2v) is 5.54. The van der Waals surface area contributed by atoms with Crippen molar-refractivity contribution in [3.8, 4) is 0 Å². The quantitative estimate of drug-likeness (QED) is 0.827. The van der Waals surface area contributed by atoms with Crippen LogP contribution in [0, 0.1) is 0 Å². The Morgan fingerprint density at radius 1 is 1.55 bits per heavy atom. The zero-order chi connectivity index (χ0) is 14.6. The van der Waals surface area contributed by atoms with Gasteiger partial charge in [-0.3, -0.25) is 4.79 Å². The number of methoxy groups -OCH3 is 1. The van der Waals surface area contributed by atoms with Crippen LogP contribution < -0.4 is 10.9 Å². The minimum absolute atomic E-state index is 0.0239. The lowest BCUT2D eigenvalue weighted by molar-refractivity contribution is 0.182. The van der Waals surface area contributed by atoms with Crippen molar-refractivity contribution in [3.05, 3.63) is 21.6 Å². The van der Waals surface area contributed by atoms with E-state index in [0.29, 0.717) is 18.8 Å². The predicted molar refractivity (Wildman–Crippen MR) is 77.3 cm³/mol. The molecule has 0 amide bonds. The molecule has 1 aromatic heterocycles. The smallest absolute Gasteiger partial charge is 0.287 e. The fourth-order valence-corrected chi connectivity index (χ4v) is 2.74. The normalized spacial score (nSPS) is 17.4. The predicted octanol–water partition coefficient (Wildman–Crippen LogP) is 1.26. The van der Waals surface area contributed by atoms with E-state index in [9.17, 15) is 9.90 Å². The van der Waals surface area contributed by atoms with E-state index in [1.807, 2.05) is 0 Å². The Morgan fingerprint density at radius 2 is 2.25 bits per heavy atom. The molecule has 7 heteroatoms. The average Bonchev–Trinajstić information content (AvgIpc) is 2.92. The first-order chi connectivity index (χ1) is 9.62. The zero-order valence-electron chi connectivity index (χ0n) is 11.6. The van der Waals surface area contributed by atoms with E-state index in [4.69, 9.17) is 16.3 Å². The van der Waals surface area contributed by atoms with Crippen LogP contribution >= 0.6 is 11.6 Å². The fourth-order valence-electron chi connectivity index (χ4n) is 2.55. The van der Waals surface area contributed by atoms with Crippen LogP contribution in [0.25, 0.3) is 0 Å². The van der Waals surface area contributed by atoms with Crippen molar-refractivity contribution in [2.45, 2.75) is 37.8 Å². The Labute approximate surface area is 122 Å². The molecule has 1 heterocycles. The Morgan fingerprint density at radius 3 is 2.85 bits per heavy atom. The molecule has 6 nitrogen and oxygen atoms in total. The number of anilines is 1. The molecule has 1 aromatic rings. The number of nitrogens with zero attached hydrogens (tertiary/aromatic N) is 2. The molecule has 112 valence electrons. The molecule has 0 aliphatic heterocycles. The number of aromatic nitrogens is 2. The van der Waals surface area contributed by atoms with Crippen molar-refractivity contribution >= 4 is 17.3 Å². The van der Waals surface area contributed by atoms with E-state index in [0.717, 1.165) is 25.7 Å². The van der Waals surface area contributed by atoms with Crippen molar-refractivity contribution in [1.29, 1.82) is 0 Å². The summed E-state index contributed by atoms with van der Waals surface area (Å²) >= 11 is 6.12. The van der Waals surface area contributed by atoms with Gasteiger partial charge in [-0.2, -0.15) is 5.10 Å². The molecule has 20 heavy (non-hydrogen) atoms. The molecule has 0 unspecified atom stereocenters. The van der Waals surface area contributed by atoms with E-state index < -0.39 is 0 Å². The van der Waals surface area contributed by atoms with Crippen molar-refractivity contribution in [2.24, 2.45) is 0 Å². The summed E-state index contributed by atoms with van der Waals surface area (Å²) in [7, 11) is 1.56. The van der Waals surface area contributed by atoms with E-state index in [-0.39, 0.29) is 22.7 Å². The number of hydrogen-bond acceptors (Lipinski definition) is 5. The van der Waals surface area contributed by atoms with Crippen LogP contribution in [0.5, 0.6) is 0 Å². The summed E-state index contributed by atoms with van der Waals surface area (Å²) in [6, 6.07) is 0. The van der Waals surface area contributed by atoms with Crippen molar-refractivity contribution in [2.75, 3.05) is 25.6 Å². The third-order valence-electron chi connectivity index (χ3n) is 3.76. The second kappa shape index (κ2) is 6.56. The van der Waals surface area contributed by atoms with Gasteiger partial charge < -0.3 is 15.2 Å². The standard InChI is InChI=1S/C13H20ClN3O3/c1-20-7-6-17-12(19)11(14)10(8-15-17)16-13(9-18)4-2-3-5-13/h8,16,18H,2-7,9H2,1H3. The molecule has 0 aromatic carbocycles. The van der Waals surface area contributed by atoms with Crippen LogP contribution in [0.3, 0.4) is 0 Å². The summed E-state index contributed by atoms with van der Waals surface area (Å²) in [6.45, 7) is 0.785. The van der Waals surface area contributed by atoms with Gasteiger partial charge in [0.2, 0.25) is 0 Å². The molecule has 0 atom stereocenters. The molecule has 1 aliphatic rings. The van der Waals surface area contributed by atoms with Crippen LogP contribution in [0.2, 0.25) is 5.02 Å². The van der Waals surface area contributed by atoms with Gasteiger partial charge >= 0.3 is 0 Å². The van der Waals surface area contributed by atoms with Crippen LogP contribution in [0.15, 0.2) is 11.0 Å². The van der Waals surface area contributed by atoms with Gasteiger partial charge in [-0.15, -0.1) is 0 Å². The molecule has 1 fully saturated rings. The van der Waals surface area contributed by atoms with Gasteiger partial charge in [0.25, 0.3) is 5.56 Å². The number of nitrogens with one attached hydrogen (secondary N) is 1. The van der Waals surface area contributed by atoms with Crippen LogP contribution in [0.1, 0.15) is 25.7 Å². The molecule has 0 spiro atoms. The SMILES string of the molecule is COCCn1ncc(NC2(CO)CCCC2)c(Cl)c1=O. The van der Waals surface area contributed by atoms with Gasteiger partial charge in [0.15, 0.2) is 0 Å². The second-order valence-electron chi connectivity index (χ2n) is 5.16. The first-order valence-corrected chi connectivity index (χ1v) is 7.13. The molecule has 1 saturated carbocycles. The largest absolute Gasteiger partial charge is 0.394 e. The van der Waals surface area contributed by atoms with E-state index in [2.05, 4.69) is 10.4 Å². The van der Waals surface area contributed by atoms with Crippen molar-refractivity contribution < 1.29 is 9.84 Å². The molecule has 0 bridgehead atoms. The summed E-state index contributed by atoms with van der Waals surface area (Å²) in [5.74, 6) is 0.